The van der Waals surface area contributed by atoms with Gasteiger partial charge in [-0.05, 0) is 29.7 Å². The van der Waals surface area contributed by atoms with Gasteiger partial charge in [0.25, 0.3) is 0 Å². The Bertz CT molecular complexity index is 578. The van der Waals surface area contributed by atoms with Crippen LogP contribution in [0, 0.1) is 5.41 Å². The van der Waals surface area contributed by atoms with E-state index >= 15 is 0 Å². The molecule has 1 unspecified atom stereocenters. The van der Waals surface area contributed by atoms with Crippen molar-refractivity contribution in [3.8, 4) is 5.75 Å². The summed E-state index contributed by atoms with van der Waals surface area (Å²) < 4.78 is 7.35. The highest BCUT2D eigenvalue weighted by Gasteiger charge is 2.40. The van der Waals surface area contributed by atoms with Gasteiger partial charge < -0.3 is 9.84 Å². The Morgan fingerprint density at radius 1 is 1.23 bits per heavy atom. The maximum atomic E-state index is 11.1. The second-order valence-corrected chi connectivity index (χ2v) is 6.86. The molecule has 0 amide bonds. The number of halogens is 1. The van der Waals surface area contributed by atoms with Crippen LogP contribution in [0.1, 0.15) is 27.2 Å². The van der Waals surface area contributed by atoms with Gasteiger partial charge in [0.15, 0.2) is 0 Å². The molecule has 2 rings (SSSR count). The van der Waals surface area contributed by atoms with Crippen molar-refractivity contribution in [2.75, 3.05) is 6.61 Å². The van der Waals surface area contributed by atoms with Gasteiger partial charge in [0, 0.05) is 11.4 Å². The van der Waals surface area contributed by atoms with E-state index in [1.165, 1.54) is 6.33 Å². The summed E-state index contributed by atoms with van der Waals surface area (Å²) in [5, 5.41) is 15.8. The van der Waals surface area contributed by atoms with Crippen LogP contribution in [0.3, 0.4) is 0 Å². The van der Waals surface area contributed by atoms with Gasteiger partial charge in [0.05, 0.1) is 18.8 Å². The Labute approximate surface area is 135 Å². The van der Waals surface area contributed by atoms with E-state index < -0.39 is 5.60 Å². The number of rotatable bonds is 6. The monoisotopic (exact) mass is 323 g/mol. The molecular weight excluding hydrogens is 302 g/mol. The van der Waals surface area contributed by atoms with E-state index in [4.69, 9.17) is 16.3 Å². The Balaban J connectivity index is 1.99. The molecular formula is C16H22ClN3O2. The van der Waals surface area contributed by atoms with E-state index in [-0.39, 0.29) is 5.41 Å². The molecule has 2 aromatic rings. The summed E-state index contributed by atoms with van der Waals surface area (Å²) >= 11 is 5.85. The molecule has 0 saturated heterocycles. The van der Waals surface area contributed by atoms with E-state index in [1.807, 2.05) is 32.9 Å². The summed E-state index contributed by atoms with van der Waals surface area (Å²) in [6.07, 6.45) is 3.56. The predicted octanol–water partition coefficient (Wildman–Crippen LogP) is 3.18. The zero-order valence-electron chi connectivity index (χ0n) is 13.2. The van der Waals surface area contributed by atoms with Gasteiger partial charge in [0.1, 0.15) is 18.4 Å². The summed E-state index contributed by atoms with van der Waals surface area (Å²) in [7, 11) is 0. The van der Waals surface area contributed by atoms with Crippen LogP contribution in [-0.4, -0.2) is 32.1 Å². The zero-order valence-corrected chi connectivity index (χ0v) is 13.9. The molecule has 0 radical (unpaired) electrons. The molecule has 120 valence electrons. The van der Waals surface area contributed by atoms with Crippen LogP contribution >= 0.6 is 11.6 Å². The number of hydrogen-bond donors (Lipinski definition) is 1. The number of aliphatic hydroxyl groups is 1. The molecule has 0 spiro atoms. The van der Waals surface area contributed by atoms with E-state index in [9.17, 15) is 5.11 Å². The number of aromatic nitrogens is 3. The maximum Gasteiger partial charge on any atom is 0.137 e. The number of ether oxygens (including phenoxy) is 1. The van der Waals surface area contributed by atoms with Crippen molar-refractivity contribution in [3.63, 3.8) is 0 Å². The third-order valence-electron chi connectivity index (χ3n) is 3.88. The quantitative estimate of drug-likeness (QED) is 0.887. The molecule has 0 aliphatic heterocycles. The molecule has 22 heavy (non-hydrogen) atoms. The van der Waals surface area contributed by atoms with Gasteiger partial charge in [-0.1, -0.05) is 32.4 Å². The lowest BCUT2D eigenvalue weighted by molar-refractivity contribution is -0.0862. The largest absolute Gasteiger partial charge is 0.493 e. The van der Waals surface area contributed by atoms with E-state index in [2.05, 4.69) is 10.1 Å². The fourth-order valence-corrected chi connectivity index (χ4v) is 2.27. The van der Waals surface area contributed by atoms with Crippen LogP contribution in [-0.2, 0) is 6.54 Å². The number of hydrogen-bond acceptors (Lipinski definition) is 4. The standard InChI is InChI=1S/C16H22ClN3O2/c1-15(2,3)16(21,10-20-12-18-11-19-20)8-9-22-14-6-4-13(17)5-7-14/h4-7,11-12,21H,8-10H2,1-3H3. The molecule has 1 heterocycles. The first-order chi connectivity index (χ1) is 10.3. The van der Waals surface area contributed by atoms with Crippen molar-refractivity contribution in [3.05, 3.63) is 41.9 Å². The van der Waals surface area contributed by atoms with Crippen molar-refractivity contribution in [1.29, 1.82) is 0 Å². The Kier molecular flexibility index (Phi) is 5.08. The minimum atomic E-state index is -0.951. The lowest BCUT2D eigenvalue weighted by atomic mass is 9.74. The van der Waals surface area contributed by atoms with Crippen LogP contribution in [0.25, 0.3) is 0 Å². The van der Waals surface area contributed by atoms with Crippen LogP contribution in [0.5, 0.6) is 5.75 Å². The third kappa shape index (κ3) is 4.21. The highest BCUT2D eigenvalue weighted by Crippen LogP contribution is 2.34. The molecule has 1 N–H and O–H groups in total. The molecule has 1 atom stereocenters. The molecule has 1 aromatic heterocycles. The van der Waals surface area contributed by atoms with Gasteiger partial charge >= 0.3 is 0 Å². The van der Waals surface area contributed by atoms with E-state index in [0.717, 1.165) is 5.75 Å². The van der Waals surface area contributed by atoms with Crippen molar-refractivity contribution in [2.24, 2.45) is 5.41 Å². The van der Waals surface area contributed by atoms with Gasteiger partial charge in [0.2, 0.25) is 0 Å². The fraction of sp³-hybridized carbons (Fsp3) is 0.500. The Morgan fingerprint density at radius 2 is 1.91 bits per heavy atom. The van der Waals surface area contributed by atoms with Gasteiger partial charge in [-0.2, -0.15) is 5.10 Å². The van der Waals surface area contributed by atoms with Crippen LogP contribution in [0.4, 0.5) is 0 Å². The molecule has 6 heteroatoms. The smallest absolute Gasteiger partial charge is 0.137 e. The van der Waals surface area contributed by atoms with Gasteiger partial charge in [-0.25, -0.2) is 4.98 Å². The van der Waals surface area contributed by atoms with Crippen LogP contribution < -0.4 is 4.74 Å². The highest BCUT2D eigenvalue weighted by molar-refractivity contribution is 6.30. The molecule has 0 bridgehead atoms. The predicted molar refractivity (Wildman–Crippen MR) is 86.0 cm³/mol. The first kappa shape index (κ1) is 16.8. The number of benzene rings is 1. The Hall–Kier alpha value is -1.59. The van der Waals surface area contributed by atoms with Crippen molar-refractivity contribution < 1.29 is 9.84 Å². The fourth-order valence-electron chi connectivity index (χ4n) is 2.14. The molecule has 0 aliphatic rings. The van der Waals surface area contributed by atoms with E-state index in [0.29, 0.717) is 24.6 Å². The summed E-state index contributed by atoms with van der Waals surface area (Å²) in [6.45, 7) is 6.80. The molecule has 0 aliphatic carbocycles. The van der Waals surface area contributed by atoms with Gasteiger partial charge in [-0.3, -0.25) is 4.68 Å². The molecule has 0 fully saturated rings. The highest BCUT2D eigenvalue weighted by atomic mass is 35.5. The minimum absolute atomic E-state index is 0.317. The van der Waals surface area contributed by atoms with Crippen molar-refractivity contribution >= 4 is 11.6 Å². The normalized spacial score (nSPS) is 14.6. The average molecular weight is 324 g/mol. The summed E-state index contributed by atoms with van der Waals surface area (Å²) in [6, 6.07) is 7.19. The summed E-state index contributed by atoms with van der Waals surface area (Å²) in [4.78, 5) is 3.92. The van der Waals surface area contributed by atoms with Crippen LogP contribution in [0.2, 0.25) is 5.02 Å². The molecule has 0 saturated carbocycles. The second kappa shape index (κ2) is 6.67. The first-order valence-electron chi connectivity index (χ1n) is 7.23. The lowest BCUT2D eigenvalue weighted by Crippen LogP contribution is -2.47. The minimum Gasteiger partial charge on any atom is -0.493 e. The second-order valence-electron chi connectivity index (χ2n) is 6.43. The molecule has 5 nitrogen and oxygen atoms in total. The van der Waals surface area contributed by atoms with E-state index in [1.54, 1.807) is 23.1 Å². The topological polar surface area (TPSA) is 60.2 Å². The van der Waals surface area contributed by atoms with Crippen molar-refractivity contribution in [2.45, 2.75) is 39.3 Å². The van der Waals surface area contributed by atoms with Crippen LogP contribution in [0.15, 0.2) is 36.9 Å². The summed E-state index contributed by atoms with van der Waals surface area (Å²) in [5.41, 5.74) is -1.27. The SMILES string of the molecule is CC(C)(C)C(O)(CCOc1ccc(Cl)cc1)Cn1cncn1. The summed E-state index contributed by atoms with van der Waals surface area (Å²) in [5.74, 6) is 0.737. The average Bonchev–Trinajstić information content (AvgIpc) is 2.92. The Morgan fingerprint density at radius 3 is 2.45 bits per heavy atom. The van der Waals surface area contributed by atoms with Gasteiger partial charge in [-0.15, -0.1) is 0 Å². The first-order valence-corrected chi connectivity index (χ1v) is 7.61. The maximum absolute atomic E-state index is 11.1. The van der Waals surface area contributed by atoms with Crippen molar-refractivity contribution in [1.82, 2.24) is 14.8 Å². The zero-order chi connectivity index (χ0) is 16.2. The lowest BCUT2D eigenvalue weighted by Gasteiger charge is -2.40. The molecule has 1 aromatic carbocycles. The third-order valence-corrected chi connectivity index (χ3v) is 4.14. The number of nitrogens with zero attached hydrogens (tertiary/aromatic N) is 3.